The maximum atomic E-state index is 12.4. The van der Waals surface area contributed by atoms with Gasteiger partial charge in [0.15, 0.2) is 0 Å². The number of ketones is 1. The van der Waals surface area contributed by atoms with E-state index in [1.807, 2.05) is 112 Å². The largest absolute Gasteiger partial charge is 0.453 e. The summed E-state index contributed by atoms with van der Waals surface area (Å²) in [5.74, 6) is -0.565. The van der Waals surface area contributed by atoms with Crippen molar-refractivity contribution < 1.29 is 81.1 Å². The maximum absolute atomic E-state index is 12.4. The molecule has 6 fully saturated rings. The first kappa shape index (κ1) is 94.0. The molecule has 0 unspecified atom stereocenters. The topological polar surface area (TPSA) is 355 Å². The number of fused-ring (bicyclic) bond motifs is 10. The Balaban J connectivity index is 0.000000131. The summed E-state index contributed by atoms with van der Waals surface area (Å²) in [4.78, 5) is 126. The highest BCUT2D eigenvalue weighted by molar-refractivity contribution is 9.10. The number of esters is 5. The van der Waals surface area contributed by atoms with E-state index in [4.69, 9.17) is 39.0 Å². The van der Waals surface area contributed by atoms with E-state index in [0.717, 1.165) is 245 Å². The Morgan fingerprint density at radius 1 is 0.419 bits per heavy atom. The van der Waals surface area contributed by atoms with E-state index in [2.05, 4.69) is 114 Å². The second kappa shape index (κ2) is 43.9. The Bertz CT molecular complexity index is 5310. The number of carbonyl (C=O) groups excluding carboxylic acids is 10. The number of anilines is 6. The number of benzene rings is 6. The van der Waals surface area contributed by atoms with Gasteiger partial charge in [0.05, 0.1) is 42.0 Å². The average molecular weight is 1820 g/mol. The van der Waals surface area contributed by atoms with Crippen LogP contribution in [-0.4, -0.2) is 110 Å². The quantitative estimate of drug-likeness (QED) is 0.0456. The number of rotatable bonds is 11. The SMILES string of the molecule is CN(Cc1cccnc1)c1ccc2c(c1)C(=O)OC21CCCCC1.CN(Cc1cccnc1)c1ccc2c(c1)C(=O)OC21CCNCC1.COC(=O)Nc1ccc(Br)cc1.COC(=O)Nc1ccc2c(c1)C(=O)OC21CCCCC1.Nc1ccc2c(c1)C(=O)OC21CCCCC1.O=C1CCCCC1.O=C1OC2(CCCCC2)c2ccc(NCc3cccnc3)cc21.O=C=O. The van der Waals surface area contributed by atoms with E-state index >= 15 is 0 Å². The minimum Gasteiger partial charge on any atom is -0.453 e. The summed E-state index contributed by atoms with van der Waals surface area (Å²) in [6.07, 6.45) is 38.4. The number of amides is 2. The fourth-order valence-corrected chi connectivity index (χ4v) is 19.3. The number of piperidine rings is 1. The van der Waals surface area contributed by atoms with Gasteiger partial charge in [0, 0.05) is 163 Å². The lowest BCUT2D eigenvalue weighted by molar-refractivity contribution is -0.191. The molecular weight excluding hydrogens is 1710 g/mol. The van der Waals surface area contributed by atoms with E-state index < -0.39 is 23.4 Å². The maximum Gasteiger partial charge on any atom is 0.411 e. The van der Waals surface area contributed by atoms with Crippen molar-refractivity contribution in [1.82, 2.24) is 20.3 Å². The minimum atomic E-state index is -0.552. The number of halogens is 1. The molecule has 0 radical (unpaired) electrons. The molecule has 5 spiro atoms. The van der Waals surface area contributed by atoms with Crippen molar-refractivity contribution in [2.75, 3.05) is 72.9 Å². The number of pyridine rings is 3. The molecule has 9 aromatic rings. The number of Topliss-reactive ketones (excluding diaryl/α,β-unsaturated/α-hetero) is 1. The standard InChI is InChI=1S/C20H22N2O2.C19H21N3O2.C19H20N2O2.C15H17NO4.C13H15NO2.C8H8BrNO2.C6H10O.CO2/c1-22(14-15-6-5-11-21-13-15)16-7-8-18-17(12-16)19(23)24-20(18)9-3-2-4-10-20;1-22(13-14-3-2-8-21-12-14)15-4-5-17-16(11-15)18(23)24-19(17)6-9-20-10-7-19;22-18-16-11-15(21-13-14-5-4-10-20-12-14)6-7-17(16)19(23-18)8-2-1-3-9-19;1-19-14(18)16-10-5-6-12-11(9-10)13(17)20-15(12)7-3-2-4-8-15;14-9-4-5-11-10(8-9)12(15)16-13(11)6-2-1-3-7-13;1-12-8(11)10-7-4-2-6(9)3-5-7;7-6-4-2-1-3-5-6;2-1-3/h5-8,11-13H,2-4,9-10,14H2,1H3;2-5,8,11-12,20H,6-7,9-10,13H2,1H3;4-7,10-12,21H,1-3,8-9,13H2;5-6,9H,2-4,7-8H2,1H3,(H,16,18);4-5,8H,1-3,6-7,14H2;2-5H,1H3,(H,10,11);1-5H2;. The van der Waals surface area contributed by atoms with E-state index in [1.165, 1.54) is 46.3 Å². The van der Waals surface area contributed by atoms with Crippen LogP contribution < -0.4 is 36.8 Å². The van der Waals surface area contributed by atoms with Gasteiger partial charge in [-0.3, -0.25) is 30.4 Å². The molecule has 5 saturated carbocycles. The van der Waals surface area contributed by atoms with Gasteiger partial charge >= 0.3 is 48.2 Å². The zero-order chi connectivity index (χ0) is 91.0. The lowest BCUT2D eigenvalue weighted by Gasteiger charge is -2.33. The average Bonchev–Trinajstić information content (AvgIpc) is 1.86. The number of ether oxygens (including phenoxy) is 7. The molecule has 0 atom stereocenters. The Morgan fingerprint density at radius 2 is 0.744 bits per heavy atom. The van der Waals surface area contributed by atoms with Gasteiger partial charge in [-0.1, -0.05) is 96.6 Å². The van der Waals surface area contributed by atoms with Crippen molar-refractivity contribution in [3.63, 3.8) is 0 Å². The van der Waals surface area contributed by atoms with Crippen LogP contribution in [-0.2, 0) is 95.2 Å². The Kier molecular flexibility index (Phi) is 32.0. The van der Waals surface area contributed by atoms with Gasteiger partial charge in [0.25, 0.3) is 0 Å². The van der Waals surface area contributed by atoms with Gasteiger partial charge in [-0.15, -0.1) is 0 Å². The Morgan fingerprint density at radius 3 is 1.12 bits per heavy atom. The first-order chi connectivity index (χ1) is 62.5. The molecule has 6 aliphatic heterocycles. The van der Waals surface area contributed by atoms with E-state index in [9.17, 15) is 38.4 Å². The second-order valence-electron chi connectivity index (χ2n) is 34.3. The zero-order valence-electron chi connectivity index (χ0n) is 73.7. The van der Waals surface area contributed by atoms with Gasteiger partial charge in [0.2, 0.25) is 0 Å². The molecule has 1 saturated heterocycles. The normalized spacial score (nSPS) is 18.0. The van der Waals surface area contributed by atoms with Crippen molar-refractivity contribution in [2.45, 2.75) is 221 Å². The van der Waals surface area contributed by atoms with E-state index in [-0.39, 0.29) is 52.8 Å². The number of carbonyl (C=O) groups is 8. The van der Waals surface area contributed by atoms with Crippen LogP contribution in [0.15, 0.2) is 193 Å². The summed E-state index contributed by atoms with van der Waals surface area (Å²) in [6, 6.07) is 48.4. The zero-order valence-corrected chi connectivity index (χ0v) is 75.2. The first-order valence-corrected chi connectivity index (χ1v) is 45.5. The predicted molar refractivity (Wildman–Crippen MR) is 490 cm³/mol. The first-order valence-electron chi connectivity index (χ1n) is 44.7. The van der Waals surface area contributed by atoms with Gasteiger partial charge in [-0.2, -0.15) is 9.59 Å². The number of aromatic nitrogens is 3. The lowest BCUT2D eigenvalue weighted by atomic mass is 9.79. The number of nitrogens with zero attached hydrogens (tertiary/aromatic N) is 5. The summed E-state index contributed by atoms with van der Waals surface area (Å²) in [5, 5.41) is 11.8. The Labute approximate surface area is 760 Å². The van der Waals surface area contributed by atoms with Crippen LogP contribution >= 0.6 is 15.9 Å². The number of hydrogen-bond donors (Lipinski definition) is 5. The highest BCUT2D eigenvalue weighted by Gasteiger charge is 2.51. The molecule has 2 amide bonds. The third-order valence-corrected chi connectivity index (χ3v) is 26.2. The van der Waals surface area contributed by atoms with Crippen molar-refractivity contribution in [2.24, 2.45) is 0 Å². The molecule has 11 aliphatic rings. The molecule has 20 rings (SSSR count). The predicted octanol–water partition coefficient (Wildman–Crippen LogP) is 19.9. The summed E-state index contributed by atoms with van der Waals surface area (Å²) >= 11 is 3.28. The van der Waals surface area contributed by atoms with Crippen LogP contribution in [0.3, 0.4) is 0 Å². The Hall–Kier alpha value is -12.7. The third-order valence-electron chi connectivity index (χ3n) is 25.6. The summed E-state index contributed by atoms with van der Waals surface area (Å²) < 4.78 is 38.7. The molecule has 5 aliphatic carbocycles. The van der Waals surface area contributed by atoms with E-state index in [1.54, 1.807) is 48.9 Å². The molecular formula is C101H113BrN10O17. The highest BCUT2D eigenvalue weighted by atomic mass is 79.9. The molecule has 3 aromatic heterocycles. The summed E-state index contributed by atoms with van der Waals surface area (Å²) in [6.45, 7) is 3.96. The second-order valence-corrected chi connectivity index (χ2v) is 35.2. The molecule has 129 heavy (non-hydrogen) atoms. The highest BCUT2D eigenvalue weighted by Crippen LogP contribution is 2.52. The van der Waals surface area contributed by atoms with Gasteiger partial charge in [-0.25, -0.2) is 33.6 Å². The van der Waals surface area contributed by atoms with Gasteiger partial charge in [0.1, 0.15) is 33.8 Å². The number of nitrogens with one attached hydrogen (secondary N) is 4. The monoisotopic (exact) mass is 1820 g/mol. The molecule has 0 bridgehead atoms. The lowest BCUT2D eigenvalue weighted by Crippen LogP contribution is -2.39. The smallest absolute Gasteiger partial charge is 0.411 e. The number of methoxy groups -OCH3 is 2. The van der Waals surface area contributed by atoms with E-state index in [0.29, 0.717) is 46.1 Å². The molecule has 28 heteroatoms. The molecule has 6 N–H and O–H groups in total. The molecule has 676 valence electrons. The number of nitrogens with two attached hydrogens (primary N) is 1. The fourth-order valence-electron chi connectivity index (χ4n) is 19.1. The van der Waals surface area contributed by atoms with Crippen LogP contribution in [0, 0.1) is 0 Å². The summed E-state index contributed by atoms with van der Waals surface area (Å²) in [7, 11) is 6.68. The van der Waals surface area contributed by atoms with Crippen LogP contribution in [0.1, 0.15) is 270 Å². The third kappa shape index (κ3) is 23.3. The fraction of sp³-hybridized carbons (Fsp3) is 0.406. The van der Waals surface area contributed by atoms with Crippen molar-refractivity contribution in [3.8, 4) is 0 Å². The number of hydrogen-bond acceptors (Lipinski definition) is 25. The molecule has 6 aromatic carbocycles. The van der Waals surface area contributed by atoms with Gasteiger partial charge in [-0.05, 0) is 248 Å². The van der Waals surface area contributed by atoms with Crippen LogP contribution in [0.25, 0.3) is 0 Å². The number of nitrogen functional groups attached to an aromatic ring is 1. The van der Waals surface area contributed by atoms with Crippen molar-refractivity contribution in [1.29, 1.82) is 0 Å². The van der Waals surface area contributed by atoms with Crippen LogP contribution in [0.5, 0.6) is 0 Å². The van der Waals surface area contributed by atoms with Crippen molar-refractivity contribution >= 4 is 104 Å². The minimum absolute atomic E-state index is 0.163. The van der Waals surface area contributed by atoms with Crippen molar-refractivity contribution in [3.05, 3.63) is 266 Å². The van der Waals surface area contributed by atoms with Gasteiger partial charge < -0.3 is 59.3 Å². The van der Waals surface area contributed by atoms with Crippen LogP contribution in [0.4, 0.5) is 43.7 Å². The molecule has 9 heterocycles. The summed E-state index contributed by atoms with van der Waals surface area (Å²) in [5.41, 5.74) is 20.7. The van der Waals surface area contributed by atoms with Crippen LogP contribution in [0.2, 0.25) is 0 Å². The molecule has 27 nitrogen and oxygen atoms in total.